The number of carboxylic acid groups (broad SMARTS) is 1. The van der Waals surface area contributed by atoms with Crippen LogP contribution in [-0.4, -0.2) is 16.1 Å². The maximum absolute atomic E-state index is 11.8. The Morgan fingerprint density at radius 2 is 2.00 bits per heavy atom. The van der Waals surface area contributed by atoms with E-state index in [1.165, 1.54) is 0 Å². The summed E-state index contributed by atoms with van der Waals surface area (Å²) < 4.78 is 0. The lowest BCUT2D eigenvalue weighted by atomic mass is 10.1. The van der Waals surface area contributed by atoms with Crippen LogP contribution in [0.5, 0.6) is 0 Å². The molecule has 0 saturated heterocycles. The van der Waals surface area contributed by atoms with E-state index in [1.54, 1.807) is 31.2 Å². The van der Waals surface area contributed by atoms with Gasteiger partial charge in [0.05, 0.1) is 0 Å². The molecule has 2 aromatic rings. The average molecular weight is 203 g/mol. The average Bonchev–Trinajstić information content (AvgIpc) is 2.17. The van der Waals surface area contributed by atoms with E-state index in [0.717, 1.165) is 0 Å². The number of carboxylic acids is 1. The molecule has 0 aliphatic heterocycles. The molecule has 2 N–H and O–H groups in total. The van der Waals surface area contributed by atoms with E-state index in [4.69, 9.17) is 5.11 Å². The molecule has 0 bridgehead atoms. The predicted octanol–water partition coefficient (Wildman–Crippen LogP) is 1.53. The highest BCUT2D eigenvalue weighted by molar-refractivity contribution is 5.93. The fourth-order valence-corrected chi connectivity index (χ4v) is 1.62. The van der Waals surface area contributed by atoms with Gasteiger partial charge >= 0.3 is 5.97 Å². The molecular weight excluding hydrogens is 194 g/mol. The molecule has 0 spiro atoms. The van der Waals surface area contributed by atoms with Crippen LogP contribution in [0.4, 0.5) is 0 Å². The van der Waals surface area contributed by atoms with E-state index < -0.39 is 11.4 Å². The zero-order valence-corrected chi connectivity index (χ0v) is 8.07. The lowest BCUT2D eigenvalue weighted by Gasteiger charge is -2.03. The molecule has 4 heteroatoms. The van der Waals surface area contributed by atoms with Crippen molar-refractivity contribution in [3.05, 3.63) is 45.7 Å². The van der Waals surface area contributed by atoms with Gasteiger partial charge in [-0.05, 0) is 19.1 Å². The molecule has 15 heavy (non-hydrogen) atoms. The molecule has 1 aromatic carbocycles. The number of aromatic nitrogens is 1. The first-order valence-corrected chi connectivity index (χ1v) is 4.46. The number of para-hydroxylation sites is 1. The molecule has 0 fully saturated rings. The molecule has 0 radical (unpaired) electrons. The number of hydrogen-bond acceptors (Lipinski definition) is 2. The molecule has 2 rings (SSSR count). The van der Waals surface area contributed by atoms with E-state index in [0.29, 0.717) is 16.6 Å². The number of aryl methyl sites for hydroxylation is 1. The molecule has 76 valence electrons. The third kappa shape index (κ3) is 1.40. The number of aromatic amines is 1. The second-order valence-electron chi connectivity index (χ2n) is 3.30. The fraction of sp³-hybridized carbons (Fsp3) is 0.0909. The molecule has 4 nitrogen and oxygen atoms in total. The van der Waals surface area contributed by atoms with Gasteiger partial charge < -0.3 is 10.1 Å². The maximum atomic E-state index is 11.8. The van der Waals surface area contributed by atoms with E-state index >= 15 is 0 Å². The van der Waals surface area contributed by atoms with Crippen LogP contribution in [0, 0.1) is 6.92 Å². The van der Waals surface area contributed by atoms with Gasteiger partial charge in [0.1, 0.15) is 5.56 Å². The van der Waals surface area contributed by atoms with Crippen LogP contribution in [0.3, 0.4) is 0 Å². The largest absolute Gasteiger partial charge is 0.477 e. The van der Waals surface area contributed by atoms with Gasteiger partial charge in [0.2, 0.25) is 5.43 Å². The van der Waals surface area contributed by atoms with E-state index in [1.807, 2.05) is 0 Å². The van der Waals surface area contributed by atoms with Crippen LogP contribution >= 0.6 is 0 Å². The van der Waals surface area contributed by atoms with E-state index in [2.05, 4.69) is 4.98 Å². The molecule has 0 amide bonds. The first-order valence-electron chi connectivity index (χ1n) is 4.46. The minimum Gasteiger partial charge on any atom is -0.477 e. The van der Waals surface area contributed by atoms with Gasteiger partial charge in [-0.3, -0.25) is 4.79 Å². The monoisotopic (exact) mass is 203 g/mol. The first kappa shape index (κ1) is 9.45. The second-order valence-corrected chi connectivity index (χ2v) is 3.30. The van der Waals surface area contributed by atoms with Gasteiger partial charge in [0, 0.05) is 16.6 Å². The van der Waals surface area contributed by atoms with Crippen molar-refractivity contribution in [3.8, 4) is 0 Å². The summed E-state index contributed by atoms with van der Waals surface area (Å²) in [7, 11) is 0. The van der Waals surface area contributed by atoms with E-state index in [9.17, 15) is 9.59 Å². The van der Waals surface area contributed by atoms with Crippen LogP contribution in [0.15, 0.2) is 29.1 Å². The third-order valence-electron chi connectivity index (χ3n) is 2.31. The quantitative estimate of drug-likeness (QED) is 0.738. The Hall–Kier alpha value is -2.10. The number of rotatable bonds is 1. The molecule has 1 aromatic heterocycles. The van der Waals surface area contributed by atoms with Crippen molar-refractivity contribution in [1.29, 1.82) is 0 Å². The number of hydrogen-bond donors (Lipinski definition) is 2. The Balaban J connectivity index is 2.97. The van der Waals surface area contributed by atoms with Crippen LogP contribution in [-0.2, 0) is 0 Å². The summed E-state index contributed by atoms with van der Waals surface area (Å²) in [5, 5.41) is 9.29. The Bertz CT molecular complexity index is 598. The summed E-state index contributed by atoms with van der Waals surface area (Å²) in [5.41, 5.74) is 0.416. The summed E-state index contributed by atoms with van der Waals surface area (Å²) in [6, 6.07) is 6.85. The highest BCUT2D eigenvalue weighted by atomic mass is 16.4. The summed E-state index contributed by atoms with van der Waals surface area (Å²) in [6.45, 7) is 1.58. The number of fused-ring (bicyclic) bond motifs is 1. The second kappa shape index (κ2) is 3.24. The highest BCUT2D eigenvalue weighted by Gasteiger charge is 2.14. The van der Waals surface area contributed by atoms with Crippen molar-refractivity contribution in [2.24, 2.45) is 0 Å². The number of nitrogens with one attached hydrogen (secondary N) is 1. The number of pyridine rings is 1. The lowest BCUT2D eigenvalue weighted by Crippen LogP contribution is -2.18. The normalized spacial score (nSPS) is 10.5. The number of H-pyrrole nitrogens is 1. The Morgan fingerprint density at radius 3 is 2.67 bits per heavy atom. The first-order chi connectivity index (χ1) is 7.11. The van der Waals surface area contributed by atoms with Crippen LogP contribution < -0.4 is 5.43 Å². The minimum absolute atomic E-state index is 0.186. The highest BCUT2D eigenvalue weighted by Crippen LogP contribution is 2.10. The van der Waals surface area contributed by atoms with Crippen molar-refractivity contribution in [3.63, 3.8) is 0 Å². The van der Waals surface area contributed by atoms with Gasteiger partial charge in [-0.15, -0.1) is 0 Å². The zero-order valence-electron chi connectivity index (χ0n) is 8.07. The topological polar surface area (TPSA) is 70.2 Å². The summed E-state index contributed by atoms with van der Waals surface area (Å²) in [4.78, 5) is 25.6. The van der Waals surface area contributed by atoms with Gasteiger partial charge in [-0.25, -0.2) is 4.79 Å². The molecule has 0 aliphatic rings. The van der Waals surface area contributed by atoms with Crippen molar-refractivity contribution >= 4 is 16.9 Å². The number of aromatic carboxylic acids is 1. The Kier molecular flexibility index (Phi) is 2.04. The summed E-state index contributed by atoms with van der Waals surface area (Å²) in [5.74, 6) is -1.19. The van der Waals surface area contributed by atoms with Crippen LogP contribution in [0.25, 0.3) is 10.9 Å². The Morgan fingerprint density at radius 1 is 1.33 bits per heavy atom. The number of benzene rings is 1. The lowest BCUT2D eigenvalue weighted by molar-refractivity contribution is 0.0694. The SMILES string of the molecule is Cc1[nH]c2ccccc2c(=O)c1C(=O)O. The van der Waals surface area contributed by atoms with Gasteiger partial charge in [-0.2, -0.15) is 0 Å². The Labute approximate surface area is 85.2 Å². The predicted molar refractivity (Wildman–Crippen MR) is 56.3 cm³/mol. The standard InChI is InChI=1S/C11H9NO3/c1-6-9(11(14)15)10(13)7-4-2-3-5-8(7)12-6/h2-5H,1H3,(H,12,13)(H,14,15). The minimum atomic E-state index is -1.19. The maximum Gasteiger partial charge on any atom is 0.341 e. The van der Waals surface area contributed by atoms with Crippen molar-refractivity contribution in [1.82, 2.24) is 4.98 Å². The summed E-state index contributed by atoms with van der Waals surface area (Å²) in [6.07, 6.45) is 0. The fourth-order valence-electron chi connectivity index (χ4n) is 1.62. The molecule has 1 heterocycles. The summed E-state index contributed by atoms with van der Waals surface area (Å²) >= 11 is 0. The molecule has 0 saturated carbocycles. The molecule has 0 atom stereocenters. The molecule has 0 aliphatic carbocycles. The zero-order chi connectivity index (χ0) is 11.0. The van der Waals surface area contributed by atoms with Crippen LogP contribution in [0.2, 0.25) is 0 Å². The third-order valence-corrected chi connectivity index (χ3v) is 2.31. The molecule has 0 unspecified atom stereocenters. The molecular formula is C11H9NO3. The van der Waals surface area contributed by atoms with Gasteiger partial charge in [0.25, 0.3) is 0 Å². The van der Waals surface area contributed by atoms with Crippen molar-refractivity contribution in [2.75, 3.05) is 0 Å². The smallest absolute Gasteiger partial charge is 0.341 e. The van der Waals surface area contributed by atoms with Gasteiger partial charge in [-0.1, -0.05) is 12.1 Å². The van der Waals surface area contributed by atoms with E-state index in [-0.39, 0.29) is 5.56 Å². The van der Waals surface area contributed by atoms with Crippen molar-refractivity contribution < 1.29 is 9.90 Å². The number of carbonyl (C=O) groups is 1. The van der Waals surface area contributed by atoms with Gasteiger partial charge in [0.15, 0.2) is 0 Å². The van der Waals surface area contributed by atoms with Crippen molar-refractivity contribution in [2.45, 2.75) is 6.92 Å². The van der Waals surface area contributed by atoms with Crippen LogP contribution in [0.1, 0.15) is 16.1 Å².